The summed E-state index contributed by atoms with van der Waals surface area (Å²) in [5.41, 5.74) is 0.922. The maximum Gasteiger partial charge on any atom is 0.303 e. The van der Waals surface area contributed by atoms with E-state index in [9.17, 15) is 19.5 Å². The zero-order chi connectivity index (χ0) is 29.6. The Balaban J connectivity index is 1.66. The molecular weight excluding hydrogens is 540 g/mol. The van der Waals surface area contributed by atoms with Gasteiger partial charge in [0.2, 0.25) is 0 Å². The molecule has 0 aliphatic carbocycles. The van der Waals surface area contributed by atoms with Gasteiger partial charge in [-0.25, -0.2) is 0 Å². The predicted molar refractivity (Wildman–Crippen MR) is 140 cm³/mol. The molecule has 228 valence electrons. The minimum absolute atomic E-state index is 0.0592. The zero-order valence-corrected chi connectivity index (χ0v) is 23.9. The van der Waals surface area contributed by atoms with E-state index in [2.05, 4.69) is 0 Å². The summed E-state index contributed by atoms with van der Waals surface area (Å²) in [6.45, 7) is 3.85. The van der Waals surface area contributed by atoms with Gasteiger partial charge >= 0.3 is 17.9 Å². The Hall–Kier alpha value is -2.61. The van der Waals surface area contributed by atoms with Gasteiger partial charge in [0.05, 0.1) is 18.8 Å². The Kier molecular flexibility index (Phi) is 10.7. The van der Waals surface area contributed by atoms with Crippen molar-refractivity contribution in [2.24, 2.45) is 0 Å². The Morgan fingerprint density at radius 2 is 1.78 bits per heavy atom. The summed E-state index contributed by atoms with van der Waals surface area (Å²) >= 11 is 0. The number of hydrogen-bond donors (Lipinski definition) is 1. The number of methoxy groups -OCH3 is 1. The summed E-state index contributed by atoms with van der Waals surface area (Å²) in [6.07, 6.45) is -4.28. The van der Waals surface area contributed by atoms with Crippen LogP contribution in [0.1, 0.15) is 52.0 Å². The lowest BCUT2D eigenvalue weighted by Crippen LogP contribution is -2.69. The van der Waals surface area contributed by atoms with Crippen molar-refractivity contribution in [1.29, 1.82) is 0 Å². The van der Waals surface area contributed by atoms with Crippen LogP contribution in [-0.2, 0) is 58.9 Å². The van der Waals surface area contributed by atoms with E-state index in [1.165, 1.54) is 27.9 Å². The smallest absolute Gasteiger partial charge is 0.303 e. The van der Waals surface area contributed by atoms with Gasteiger partial charge in [-0.05, 0) is 18.4 Å². The number of aliphatic hydroxyl groups is 1. The molecule has 0 radical (unpaired) electrons. The van der Waals surface area contributed by atoms with E-state index in [1.54, 1.807) is 0 Å². The van der Waals surface area contributed by atoms with Crippen molar-refractivity contribution in [3.63, 3.8) is 0 Å². The number of aliphatic hydroxyl groups excluding tert-OH is 1. The van der Waals surface area contributed by atoms with Crippen LogP contribution in [0.15, 0.2) is 30.3 Å². The van der Waals surface area contributed by atoms with Crippen molar-refractivity contribution in [3.05, 3.63) is 35.9 Å². The highest BCUT2D eigenvalue weighted by Gasteiger charge is 2.65. The molecule has 3 fully saturated rings. The Morgan fingerprint density at radius 3 is 2.41 bits per heavy atom. The third-order valence-electron chi connectivity index (χ3n) is 7.58. The summed E-state index contributed by atoms with van der Waals surface area (Å²) in [7, 11) is 1.51. The molecule has 9 atom stereocenters. The standard InChI is InChI=1S/C29H40O12/c1-17(31)35-16-22(37-18(2)32)14-23-24(36-15-20-8-6-5-7-9-20)26-25(40-23)27(38-19(3)33)28-29(34-4,41-26)12-10-21(39-28)11-13-30/h5-9,21-28,30H,10-16H2,1-4H3/t21-,22-,23-,24+,25-,26+,27+,28-,29-/m1/s1. The third kappa shape index (κ3) is 7.62. The number of carbonyl (C=O) groups is 3. The highest BCUT2D eigenvalue weighted by molar-refractivity contribution is 5.67. The van der Waals surface area contributed by atoms with E-state index in [0.717, 1.165) is 5.56 Å². The maximum atomic E-state index is 12.3. The molecule has 3 heterocycles. The van der Waals surface area contributed by atoms with Gasteiger partial charge in [0.25, 0.3) is 0 Å². The Labute approximate surface area is 239 Å². The van der Waals surface area contributed by atoms with Crippen molar-refractivity contribution >= 4 is 17.9 Å². The highest BCUT2D eigenvalue weighted by Crippen LogP contribution is 2.48. The molecule has 1 aromatic carbocycles. The van der Waals surface area contributed by atoms with Gasteiger partial charge in [0, 0.05) is 47.3 Å². The van der Waals surface area contributed by atoms with Crippen molar-refractivity contribution in [2.75, 3.05) is 20.3 Å². The molecule has 0 saturated carbocycles. The summed E-state index contributed by atoms with van der Waals surface area (Å²) < 4.78 is 48.2. The van der Waals surface area contributed by atoms with E-state index >= 15 is 0 Å². The fraction of sp³-hybridized carbons (Fsp3) is 0.690. The van der Waals surface area contributed by atoms with Crippen molar-refractivity contribution in [1.82, 2.24) is 0 Å². The normalized spacial score (nSPS) is 33.2. The largest absolute Gasteiger partial charge is 0.462 e. The summed E-state index contributed by atoms with van der Waals surface area (Å²) in [5, 5.41) is 9.51. The molecule has 12 nitrogen and oxygen atoms in total. The van der Waals surface area contributed by atoms with Crippen LogP contribution < -0.4 is 0 Å². The van der Waals surface area contributed by atoms with Crippen LogP contribution in [0.3, 0.4) is 0 Å². The Morgan fingerprint density at radius 1 is 1.02 bits per heavy atom. The number of hydrogen-bond acceptors (Lipinski definition) is 12. The second kappa shape index (κ2) is 14.0. The molecule has 12 heteroatoms. The molecule has 3 aliphatic rings. The molecule has 41 heavy (non-hydrogen) atoms. The SMILES string of the molecule is CO[C@@]12CC[C@H](CCO)O[C@@H]1[C@@H](OC(C)=O)[C@@H]1O[C@H](C[C@H](COC(C)=O)OC(C)=O)[C@H](OCc3ccccc3)[C@@H]1O2. The summed E-state index contributed by atoms with van der Waals surface area (Å²) in [5.74, 6) is -2.85. The number of fused-ring (bicyclic) bond motifs is 2. The van der Waals surface area contributed by atoms with Crippen LogP contribution in [0.5, 0.6) is 0 Å². The third-order valence-corrected chi connectivity index (χ3v) is 7.58. The molecule has 0 aromatic heterocycles. The van der Waals surface area contributed by atoms with Crippen molar-refractivity contribution < 1.29 is 57.4 Å². The molecule has 0 spiro atoms. The lowest BCUT2D eigenvalue weighted by molar-refractivity contribution is -0.383. The monoisotopic (exact) mass is 580 g/mol. The topological polar surface area (TPSA) is 145 Å². The lowest BCUT2D eigenvalue weighted by Gasteiger charge is -2.53. The number of carbonyl (C=O) groups excluding carboxylic acids is 3. The number of esters is 3. The van der Waals surface area contributed by atoms with Gasteiger partial charge in [0.15, 0.2) is 18.0 Å². The van der Waals surface area contributed by atoms with Crippen LogP contribution >= 0.6 is 0 Å². The molecule has 0 unspecified atom stereocenters. The van der Waals surface area contributed by atoms with Crippen molar-refractivity contribution in [2.45, 2.75) is 108 Å². The Bertz CT molecular complexity index is 1030. The van der Waals surface area contributed by atoms with Crippen molar-refractivity contribution in [3.8, 4) is 0 Å². The van der Waals surface area contributed by atoms with E-state index in [-0.39, 0.29) is 32.3 Å². The van der Waals surface area contributed by atoms with E-state index < -0.39 is 66.4 Å². The molecule has 1 aromatic rings. The van der Waals surface area contributed by atoms with Crippen LogP contribution in [0.2, 0.25) is 0 Å². The van der Waals surface area contributed by atoms with Crippen LogP contribution in [0, 0.1) is 0 Å². The molecule has 3 aliphatic heterocycles. The van der Waals surface area contributed by atoms with Gasteiger partial charge in [-0.2, -0.15) is 0 Å². The molecular formula is C29H40O12. The lowest BCUT2D eigenvalue weighted by atomic mass is 9.84. The van der Waals surface area contributed by atoms with Gasteiger partial charge in [0.1, 0.15) is 31.0 Å². The first-order valence-electron chi connectivity index (χ1n) is 13.9. The first-order valence-corrected chi connectivity index (χ1v) is 13.9. The average Bonchev–Trinajstić information content (AvgIpc) is 3.27. The number of ether oxygens (including phenoxy) is 8. The molecule has 1 N–H and O–H groups in total. The predicted octanol–water partition coefficient (Wildman–Crippen LogP) is 1.83. The quantitative estimate of drug-likeness (QED) is 0.284. The van der Waals surface area contributed by atoms with E-state index in [4.69, 9.17) is 37.9 Å². The van der Waals surface area contributed by atoms with Gasteiger partial charge in [-0.3, -0.25) is 14.4 Å². The van der Waals surface area contributed by atoms with Crippen LogP contribution in [0.4, 0.5) is 0 Å². The van der Waals surface area contributed by atoms with E-state index in [1.807, 2.05) is 30.3 Å². The fourth-order valence-corrected chi connectivity index (χ4v) is 5.85. The molecule has 3 saturated heterocycles. The molecule has 4 rings (SSSR count). The minimum atomic E-state index is -1.26. The maximum absolute atomic E-state index is 12.3. The second-order valence-corrected chi connectivity index (χ2v) is 10.6. The molecule has 0 amide bonds. The first kappa shape index (κ1) is 31.3. The van der Waals surface area contributed by atoms with Gasteiger partial charge in [-0.1, -0.05) is 30.3 Å². The molecule has 0 bridgehead atoms. The number of benzene rings is 1. The van der Waals surface area contributed by atoms with Crippen LogP contribution in [-0.4, -0.2) is 98.0 Å². The average molecular weight is 581 g/mol. The van der Waals surface area contributed by atoms with Gasteiger partial charge in [-0.15, -0.1) is 0 Å². The summed E-state index contributed by atoms with van der Waals surface area (Å²) in [4.78, 5) is 35.7. The second-order valence-electron chi connectivity index (χ2n) is 10.6. The fourth-order valence-electron chi connectivity index (χ4n) is 5.85. The van der Waals surface area contributed by atoms with E-state index in [0.29, 0.717) is 19.3 Å². The van der Waals surface area contributed by atoms with Crippen LogP contribution in [0.25, 0.3) is 0 Å². The minimum Gasteiger partial charge on any atom is -0.462 e. The zero-order valence-electron chi connectivity index (χ0n) is 23.9. The first-order chi connectivity index (χ1) is 19.7. The number of rotatable bonds is 12. The van der Waals surface area contributed by atoms with Gasteiger partial charge < -0.3 is 43.0 Å². The summed E-state index contributed by atoms with van der Waals surface area (Å²) in [6, 6.07) is 9.57. The highest BCUT2D eigenvalue weighted by atomic mass is 16.8.